The summed E-state index contributed by atoms with van der Waals surface area (Å²) in [4.78, 5) is 14.7. The molecule has 0 saturated carbocycles. The van der Waals surface area contributed by atoms with Crippen molar-refractivity contribution < 1.29 is 14.1 Å². The fraction of sp³-hybridized carbons (Fsp3) is 0.273. The number of hydrogen-bond donors (Lipinski definition) is 1. The van der Waals surface area contributed by atoms with Gasteiger partial charge in [0.2, 0.25) is 0 Å². The molecule has 2 heterocycles. The average molecular weight is 377 g/mol. The predicted octanol–water partition coefficient (Wildman–Crippen LogP) is 3.31. The maximum atomic E-state index is 12.6. The summed E-state index contributed by atoms with van der Waals surface area (Å²) in [7, 11) is 4.01. The number of carbonyl (C=O) groups excluding carboxylic acids is 1. The molecule has 1 aromatic heterocycles. The molecule has 1 aliphatic rings. The van der Waals surface area contributed by atoms with Crippen molar-refractivity contribution in [3.63, 3.8) is 0 Å². The fourth-order valence-corrected chi connectivity index (χ4v) is 3.41. The van der Waals surface area contributed by atoms with Crippen molar-refractivity contribution in [3.05, 3.63) is 71.4 Å². The van der Waals surface area contributed by atoms with Crippen LogP contribution in [-0.4, -0.2) is 43.2 Å². The van der Waals surface area contributed by atoms with Crippen LogP contribution in [0.15, 0.2) is 59.1 Å². The van der Waals surface area contributed by atoms with Gasteiger partial charge < -0.3 is 19.5 Å². The quantitative estimate of drug-likeness (QED) is 0.714. The molecule has 4 rings (SSSR count). The lowest BCUT2D eigenvalue weighted by molar-refractivity contribution is 0.0933. The molecule has 0 fully saturated rings. The normalized spacial score (nSPS) is 13.8. The molecule has 28 heavy (non-hydrogen) atoms. The molecule has 6 heteroatoms. The number of nitrogens with one attached hydrogen (secondary N) is 1. The van der Waals surface area contributed by atoms with Crippen LogP contribution in [0.1, 0.15) is 27.7 Å². The summed E-state index contributed by atoms with van der Waals surface area (Å²) >= 11 is 0. The Morgan fingerprint density at radius 2 is 2.00 bits per heavy atom. The summed E-state index contributed by atoms with van der Waals surface area (Å²) < 4.78 is 10.9. The van der Waals surface area contributed by atoms with Crippen molar-refractivity contribution in [2.24, 2.45) is 0 Å². The van der Waals surface area contributed by atoms with Gasteiger partial charge in [0.15, 0.2) is 11.5 Å². The molecular formula is C22H23N3O3. The van der Waals surface area contributed by atoms with Crippen LogP contribution >= 0.6 is 0 Å². The van der Waals surface area contributed by atoms with E-state index in [1.807, 2.05) is 50.5 Å². The first kappa shape index (κ1) is 18.3. The lowest BCUT2D eigenvalue weighted by Gasteiger charge is -2.25. The molecule has 0 bridgehead atoms. The van der Waals surface area contributed by atoms with E-state index in [1.54, 1.807) is 6.07 Å². The Bertz CT molecular complexity index is 966. The van der Waals surface area contributed by atoms with Gasteiger partial charge in [0.25, 0.3) is 5.91 Å². The molecule has 0 spiro atoms. The van der Waals surface area contributed by atoms with Gasteiger partial charge in [0.1, 0.15) is 5.75 Å². The lowest BCUT2D eigenvalue weighted by atomic mass is 10.0. The summed E-state index contributed by atoms with van der Waals surface area (Å²) in [5.74, 6) is 1.29. The first-order valence-electron chi connectivity index (χ1n) is 9.34. The van der Waals surface area contributed by atoms with E-state index in [-0.39, 0.29) is 17.6 Å². The molecule has 1 N–H and O–H groups in total. The van der Waals surface area contributed by atoms with Crippen molar-refractivity contribution >= 4 is 5.91 Å². The van der Waals surface area contributed by atoms with Gasteiger partial charge >= 0.3 is 0 Å². The molecule has 144 valence electrons. The highest BCUT2D eigenvalue weighted by Gasteiger charge is 2.21. The average Bonchev–Trinajstić information content (AvgIpc) is 3.38. The topological polar surface area (TPSA) is 67.6 Å². The van der Waals surface area contributed by atoms with Crippen molar-refractivity contribution in [2.75, 3.05) is 27.2 Å². The minimum Gasteiger partial charge on any atom is -0.493 e. The zero-order valence-corrected chi connectivity index (χ0v) is 16.0. The third kappa shape index (κ3) is 3.77. The Kier molecular flexibility index (Phi) is 5.12. The minimum atomic E-state index is -0.248. The highest BCUT2D eigenvalue weighted by Crippen LogP contribution is 2.29. The SMILES string of the molecule is CN(C)[C@H](CNC(=O)c1cc(-c2ccccc2)on1)c1ccc2c(c1)CCO2. The predicted molar refractivity (Wildman–Crippen MR) is 106 cm³/mol. The number of rotatable bonds is 6. The molecule has 1 aliphatic heterocycles. The number of carbonyl (C=O) groups is 1. The van der Waals surface area contributed by atoms with Gasteiger partial charge in [-0.15, -0.1) is 0 Å². The molecule has 0 unspecified atom stereocenters. The van der Waals surface area contributed by atoms with Gasteiger partial charge in [-0.3, -0.25) is 4.79 Å². The van der Waals surface area contributed by atoms with Gasteiger partial charge in [-0.1, -0.05) is 47.6 Å². The van der Waals surface area contributed by atoms with Crippen LogP contribution in [0.25, 0.3) is 11.3 Å². The van der Waals surface area contributed by atoms with Crippen LogP contribution in [-0.2, 0) is 6.42 Å². The highest BCUT2D eigenvalue weighted by atomic mass is 16.5. The third-order valence-corrected chi connectivity index (χ3v) is 4.98. The molecule has 0 aliphatic carbocycles. The Hall–Kier alpha value is -3.12. The van der Waals surface area contributed by atoms with Gasteiger partial charge in [0, 0.05) is 24.6 Å². The third-order valence-electron chi connectivity index (χ3n) is 4.98. The van der Waals surface area contributed by atoms with Crippen molar-refractivity contribution in [1.29, 1.82) is 0 Å². The smallest absolute Gasteiger partial charge is 0.273 e. The van der Waals surface area contributed by atoms with Crippen molar-refractivity contribution in [3.8, 4) is 17.1 Å². The van der Waals surface area contributed by atoms with E-state index < -0.39 is 0 Å². The van der Waals surface area contributed by atoms with Crippen LogP contribution in [0.5, 0.6) is 5.75 Å². The summed E-state index contributed by atoms with van der Waals surface area (Å²) in [6.07, 6.45) is 0.927. The maximum Gasteiger partial charge on any atom is 0.273 e. The minimum absolute atomic E-state index is 0.0512. The number of likely N-dealkylation sites (N-methyl/N-ethyl adjacent to an activating group) is 1. The molecule has 6 nitrogen and oxygen atoms in total. The van der Waals surface area contributed by atoms with Crippen LogP contribution in [0.2, 0.25) is 0 Å². The number of hydrogen-bond acceptors (Lipinski definition) is 5. The van der Waals surface area contributed by atoms with Gasteiger partial charge in [-0.05, 0) is 31.3 Å². The molecule has 0 saturated heterocycles. The first-order valence-corrected chi connectivity index (χ1v) is 9.34. The zero-order valence-electron chi connectivity index (χ0n) is 16.0. The van der Waals surface area contributed by atoms with Crippen LogP contribution in [0.4, 0.5) is 0 Å². The Balaban J connectivity index is 1.45. The number of nitrogens with zero attached hydrogens (tertiary/aromatic N) is 2. The first-order chi connectivity index (χ1) is 13.6. The number of aromatic nitrogens is 1. The second-order valence-electron chi connectivity index (χ2n) is 7.10. The second-order valence-corrected chi connectivity index (χ2v) is 7.10. The van der Waals surface area contributed by atoms with Crippen molar-refractivity contribution in [1.82, 2.24) is 15.4 Å². The molecule has 2 aromatic carbocycles. The summed E-state index contributed by atoms with van der Waals surface area (Å²) in [5.41, 5.74) is 3.54. The molecule has 1 amide bonds. The zero-order chi connectivity index (χ0) is 19.5. The van der Waals surface area contributed by atoms with Gasteiger partial charge in [-0.25, -0.2) is 0 Å². The highest BCUT2D eigenvalue weighted by molar-refractivity contribution is 5.93. The van der Waals surface area contributed by atoms with E-state index >= 15 is 0 Å². The summed E-state index contributed by atoms with van der Waals surface area (Å²) in [6.45, 7) is 1.21. The molecule has 0 radical (unpaired) electrons. The second kappa shape index (κ2) is 7.86. The summed E-state index contributed by atoms with van der Waals surface area (Å²) in [6, 6.07) is 17.6. The number of fused-ring (bicyclic) bond motifs is 1. The van der Waals surface area contributed by atoms with Gasteiger partial charge in [-0.2, -0.15) is 0 Å². The van der Waals surface area contributed by atoms with Crippen LogP contribution in [0, 0.1) is 0 Å². The number of amides is 1. The molecular weight excluding hydrogens is 354 g/mol. The Morgan fingerprint density at radius 1 is 1.18 bits per heavy atom. The largest absolute Gasteiger partial charge is 0.493 e. The summed E-state index contributed by atoms with van der Waals surface area (Å²) in [5, 5.41) is 6.90. The van der Waals surface area contributed by atoms with Crippen LogP contribution in [0.3, 0.4) is 0 Å². The fourth-order valence-electron chi connectivity index (χ4n) is 3.41. The Labute approximate surface area is 164 Å². The maximum absolute atomic E-state index is 12.6. The van der Waals surface area contributed by atoms with E-state index in [0.29, 0.717) is 12.3 Å². The van der Waals surface area contributed by atoms with E-state index in [9.17, 15) is 4.79 Å². The van der Waals surface area contributed by atoms with E-state index in [2.05, 4.69) is 27.5 Å². The van der Waals surface area contributed by atoms with Gasteiger partial charge in [0.05, 0.1) is 12.6 Å². The molecule has 3 aromatic rings. The molecule has 1 atom stereocenters. The lowest BCUT2D eigenvalue weighted by Crippen LogP contribution is -2.34. The van der Waals surface area contributed by atoms with Crippen molar-refractivity contribution in [2.45, 2.75) is 12.5 Å². The monoisotopic (exact) mass is 377 g/mol. The van der Waals surface area contributed by atoms with E-state index in [0.717, 1.165) is 29.9 Å². The Morgan fingerprint density at radius 3 is 2.79 bits per heavy atom. The number of benzene rings is 2. The number of ether oxygens (including phenoxy) is 1. The van der Waals surface area contributed by atoms with E-state index in [1.165, 1.54) is 5.56 Å². The standard InChI is InChI=1S/C22H23N3O3/c1-25(2)19(16-8-9-20-17(12-16)10-11-27-20)14-23-22(26)18-13-21(28-24-18)15-6-4-3-5-7-15/h3-9,12-13,19H,10-11,14H2,1-2H3,(H,23,26)/t19-/m1/s1. The van der Waals surface area contributed by atoms with E-state index in [4.69, 9.17) is 9.26 Å². The van der Waals surface area contributed by atoms with Crippen LogP contribution < -0.4 is 10.1 Å².